The molecule has 0 radical (unpaired) electrons. The van der Waals surface area contributed by atoms with E-state index in [1.807, 2.05) is 4.90 Å². The van der Waals surface area contributed by atoms with Gasteiger partial charge in [0.2, 0.25) is 5.95 Å². The predicted octanol–water partition coefficient (Wildman–Crippen LogP) is 3.83. The van der Waals surface area contributed by atoms with Crippen molar-refractivity contribution in [3.8, 4) is 0 Å². The van der Waals surface area contributed by atoms with Crippen LogP contribution in [0.15, 0.2) is 40.5 Å². The van der Waals surface area contributed by atoms with Crippen molar-refractivity contribution in [3.63, 3.8) is 0 Å². The van der Waals surface area contributed by atoms with Crippen molar-refractivity contribution in [2.75, 3.05) is 18.0 Å². The number of thiophene rings is 1. The van der Waals surface area contributed by atoms with E-state index < -0.39 is 23.6 Å². The number of carboxylic acids is 1. The maximum atomic E-state index is 13.1. The van der Waals surface area contributed by atoms with Crippen molar-refractivity contribution in [1.82, 2.24) is 9.55 Å². The zero-order valence-corrected chi connectivity index (χ0v) is 16.5. The van der Waals surface area contributed by atoms with Gasteiger partial charge in [0.1, 0.15) is 4.70 Å². The first-order valence-electron chi connectivity index (χ1n) is 9.36. The average molecular weight is 437 g/mol. The molecule has 3 heterocycles. The highest BCUT2D eigenvalue weighted by molar-refractivity contribution is 7.17. The van der Waals surface area contributed by atoms with Crippen LogP contribution in [0.1, 0.15) is 24.0 Å². The summed E-state index contributed by atoms with van der Waals surface area (Å²) in [7, 11) is 0. The van der Waals surface area contributed by atoms with Crippen molar-refractivity contribution < 1.29 is 23.1 Å². The molecule has 1 aliphatic rings. The van der Waals surface area contributed by atoms with Gasteiger partial charge in [0.05, 0.1) is 23.5 Å². The molecule has 2 aromatic heterocycles. The van der Waals surface area contributed by atoms with Gasteiger partial charge < -0.3 is 10.0 Å². The standard InChI is InChI=1S/C20H18F3N3O3S/c21-20(22,23)14-3-1-2-12(10-14)11-26-17(27)16-15(6-9-30-16)24-19(26)25-7-4-13(5-8-25)18(28)29/h1-3,6,9-10,13H,4-5,7-8,11H2,(H,28,29). The molecule has 6 nitrogen and oxygen atoms in total. The Bertz CT molecular complexity index is 1150. The fourth-order valence-corrected chi connectivity index (χ4v) is 4.45. The van der Waals surface area contributed by atoms with Gasteiger partial charge in [-0.1, -0.05) is 12.1 Å². The number of halogens is 3. The maximum absolute atomic E-state index is 13.1. The third kappa shape index (κ3) is 3.91. The third-order valence-electron chi connectivity index (χ3n) is 5.27. The summed E-state index contributed by atoms with van der Waals surface area (Å²) in [6, 6.07) is 6.61. The number of hydrogen-bond donors (Lipinski definition) is 1. The van der Waals surface area contributed by atoms with E-state index in [-0.39, 0.29) is 12.1 Å². The van der Waals surface area contributed by atoms with Crippen LogP contribution in [0.4, 0.5) is 19.1 Å². The summed E-state index contributed by atoms with van der Waals surface area (Å²) in [5.41, 5.74) is -0.225. The number of hydrogen-bond acceptors (Lipinski definition) is 5. The van der Waals surface area contributed by atoms with Crippen LogP contribution >= 0.6 is 11.3 Å². The Morgan fingerprint density at radius 2 is 1.97 bits per heavy atom. The summed E-state index contributed by atoms with van der Waals surface area (Å²) in [5, 5.41) is 11.0. The van der Waals surface area contributed by atoms with Gasteiger partial charge in [0, 0.05) is 13.1 Å². The summed E-state index contributed by atoms with van der Waals surface area (Å²) < 4.78 is 41.1. The highest BCUT2D eigenvalue weighted by atomic mass is 32.1. The first kappa shape index (κ1) is 20.4. The van der Waals surface area contributed by atoms with Gasteiger partial charge in [0.25, 0.3) is 5.56 Å². The van der Waals surface area contributed by atoms with E-state index in [0.717, 1.165) is 12.1 Å². The van der Waals surface area contributed by atoms with E-state index in [9.17, 15) is 27.9 Å². The molecule has 1 saturated heterocycles. The molecular weight excluding hydrogens is 419 g/mol. The Labute approximate surface area is 173 Å². The molecule has 0 aliphatic carbocycles. The smallest absolute Gasteiger partial charge is 0.416 e. The van der Waals surface area contributed by atoms with Gasteiger partial charge in [-0.15, -0.1) is 11.3 Å². The van der Waals surface area contributed by atoms with Gasteiger partial charge in [-0.25, -0.2) is 4.98 Å². The number of nitrogens with zero attached hydrogens (tertiary/aromatic N) is 3. The SMILES string of the molecule is O=C(O)C1CCN(c2nc3ccsc3c(=O)n2Cc2cccc(C(F)(F)F)c2)CC1. The summed E-state index contributed by atoms with van der Waals surface area (Å²) >= 11 is 1.23. The summed E-state index contributed by atoms with van der Waals surface area (Å²) in [6.45, 7) is 0.751. The first-order chi connectivity index (χ1) is 14.2. The number of benzene rings is 1. The van der Waals surface area contributed by atoms with E-state index in [4.69, 9.17) is 0 Å². The molecular formula is C20H18F3N3O3S. The van der Waals surface area contributed by atoms with Crippen LogP contribution in [0, 0.1) is 5.92 Å². The van der Waals surface area contributed by atoms with Crippen LogP contribution in [0.2, 0.25) is 0 Å². The number of rotatable bonds is 4. The molecule has 1 fully saturated rings. The molecule has 4 rings (SSSR count). The highest BCUT2D eigenvalue weighted by Gasteiger charge is 2.31. The Balaban J connectivity index is 1.74. The normalized spacial score (nSPS) is 15.6. The first-order valence-corrected chi connectivity index (χ1v) is 10.2. The second kappa shape index (κ2) is 7.75. The fraction of sp³-hybridized carbons (Fsp3) is 0.350. The average Bonchev–Trinajstić information content (AvgIpc) is 3.18. The number of alkyl halides is 3. The zero-order chi connectivity index (χ0) is 21.5. The molecule has 10 heteroatoms. The molecule has 158 valence electrons. The minimum atomic E-state index is -4.47. The Hall–Kier alpha value is -2.88. The largest absolute Gasteiger partial charge is 0.481 e. The molecule has 0 atom stereocenters. The summed E-state index contributed by atoms with van der Waals surface area (Å²) in [4.78, 5) is 30.8. The van der Waals surface area contributed by atoms with Gasteiger partial charge in [-0.05, 0) is 42.0 Å². The minimum Gasteiger partial charge on any atom is -0.481 e. The van der Waals surface area contributed by atoms with Crippen molar-refractivity contribution >= 4 is 33.5 Å². The summed E-state index contributed by atoms with van der Waals surface area (Å²) in [5.74, 6) is -0.945. The third-order valence-corrected chi connectivity index (χ3v) is 6.16. The van der Waals surface area contributed by atoms with Crippen LogP contribution in [-0.2, 0) is 17.5 Å². The number of anilines is 1. The van der Waals surface area contributed by atoms with E-state index in [1.165, 1.54) is 22.0 Å². The Kier molecular flexibility index (Phi) is 5.27. The topological polar surface area (TPSA) is 75.4 Å². The number of aliphatic carboxylic acids is 1. The summed E-state index contributed by atoms with van der Waals surface area (Å²) in [6.07, 6.45) is -3.65. The number of carboxylic acid groups (broad SMARTS) is 1. The lowest BCUT2D eigenvalue weighted by molar-refractivity contribution is -0.142. The molecule has 0 spiro atoms. The maximum Gasteiger partial charge on any atom is 0.416 e. The van der Waals surface area contributed by atoms with Crippen LogP contribution in [-0.4, -0.2) is 33.7 Å². The number of carbonyl (C=O) groups is 1. The van der Waals surface area contributed by atoms with Gasteiger partial charge in [0.15, 0.2) is 0 Å². The van der Waals surface area contributed by atoms with E-state index in [1.54, 1.807) is 17.5 Å². The predicted molar refractivity (Wildman–Crippen MR) is 107 cm³/mol. The second-order valence-electron chi connectivity index (χ2n) is 7.24. The van der Waals surface area contributed by atoms with Gasteiger partial charge in [-0.2, -0.15) is 13.2 Å². The molecule has 0 bridgehead atoms. The lowest BCUT2D eigenvalue weighted by atomic mass is 9.97. The van der Waals surface area contributed by atoms with E-state index >= 15 is 0 Å². The molecule has 1 aliphatic heterocycles. The van der Waals surface area contributed by atoms with Crippen molar-refractivity contribution in [1.29, 1.82) is 0 Å². The lowest BCUT2D eigenvalue weighted by Crippen LogP contribution is -2.40. The van der Waals surface area contributed by atoms with Crippen LogP contribution in [0.3, 0.4) is 0 Å². The monoisotopic (exact) mass is 437 g/mol. The Morgan fingerprint density at radius 3 is 2.63 bits per heavy atom. The number of piperidine rings is 1. The number of aromatic nitrogens is 2. The molecule has 1 N–H and O–H groups in total. The van der Waals surface area contributed by atoms with Gasteiger partial charge >= 0.3 is 12.1 Å². The van der Waals surface area contributed by atoms with E-state index in [2.05, 4.69) is 4.98 Å². The van der Waals surface area contributed by atoms with E-state index in [0.29, 0.717) is 47.7 Å². The van der Waals surface area contributed by atoms with Crippen LogP contribution in [0.5, 0.6) is 0 Å². The molecule has 0 saturated carbocycles. The van der Waals surface area contributed by atoms with Crippen LogP contribution < -0.4 is 10.5 Å². The van der Waals surface area contributed by atoms with Crippen molar-refractivity contribution in [3.05, 3.63) is 57.2 Å². The molecule has 3 aromatic rings. The molecule has 30 heavy (non-hydrogen) atoms. The second-order valence-corrected chi connectivity index (χ2v) is 8.15. The number of fused-ring (bicyclic) bond motifs is 1. The zero-order valence-electron chi connectivity index (χ0n) is 15.7. The Morgan fingerprint density at radius 1 is 1.23 bits per heavy atom. The molecule has 1 aromatic carbocycles. The quantitative estimate of drug-likeness (QED) is 0.672. The fourth-order valence-electron chi connectivity index (χ4n) is 3.67. The molecule has 0 unspecified atom stereocenters. The van der Waals surface area contributed by atoms with Crippen LogP contribution in [0.25, 0.3) is 10.2 Å². The molecule has 0 amide bonds. The highest BCUT2D eigenvalue weighted by Crippen LogP contribution is 2.30. The van der Waals surface area contributed by atoms with Gasteiger partial charge in [-0.3, -0.25) is 14.2 Å². The minimum absolute atomic E-state index is 0.0578. The van der Waals surface area contributed by atoms with Crippen molar-refractivity contribution in [2.45, 2.75) is 25.6 Å². The lowest BCUT2D eigenvalue weighted by Gasteiger charge is -2.32. The van der Waals surface area contributed by atoms with Crippen molar-refractivity contribution in [2.24, 2.45) is 5.92 Å².